The van der Waals surface area contributed by atoms with Crippen LogP contribution in [0.3, 0.4) is 0 Å². The summed E-state index contributed by atoms with van der Waals surface area (Å²) < 4.78 is 1.83. The number of nitrogens with two attached hydrogens (primary N) is 1. The topological polar surface area (TPSA) is 85.8 Å². The number of hydrogen-bond donors (Lipinski definition) is 2. The Hall–Kier alpha value is -1.63. The molecule has 1 amide bonds. The van der Waals surface area contributed by atoms with E-state index in [1.54, 1.807) is 6.20 Å². The van der Waals surface area contributed by atoms with Gasteiger partial charge >= 0.3 is 0 Å². The third kappa shape index (κ3) is 4.13. The molecular formula is C19H27Cl2N5O. The first-order valence-electron chi connectivity index (χ1n) is 9.05. The molecule has 3 N–H and O–H groups in total. The Labute approximate surface area is 172 Å². The number of aryl methyl sites for hydroxylation is 2. The highest BCUT2D eigenvalue weighted by Gasteiger charge is 2.48. The van der Waals surface area contributed by atoms with Crippen LogP contribution in [0, 0.1) is 31.6 Å². The highest BCUT2D eigenvalue weighted by atomic mass is 35.5. The molecule has 2 saturated carbocycles. The van der Waals surface area contributed by atoms with Crippen LogP contribution in [-0.4, -0.2) is 26.7 Å². The summed E-state index contributed by atoms with van der Waals surface area (Å²) in [5.41, 5.74) is 9.26. The van der Waals surface area contributed by atoms with Gasteiger partial charge in [-0.25, -0.2) is 9.67 Å². The van der Waals surface area contributed by atoms with Crippen LogP contribution in [-0.2, 0) is 11.3 Å². The molecule has 4 atom stereocenters. The van der Waals surface area contributed by atoms with Crippen LogP contribution in [0.4, 0.5) is 0 Å². The van der Waals surface area contributed by atoms with Crippen LogP contribution in [0.1, 0.15) is 36.2 Å². The molecule has 2 aliphatic carbocycles. The molecule has 4 unspecified atom stereocenters. The number of carbonyl (C=O) groups excluding carboxylic acids is 1. The van der Waals surface area contributed by atoms with Crippen LogP contribution in [0.25, 0.3) is 5.82 Å². The number of nitrogens with zero attached hydrogens (tertiary/aromatic N) is 3. The molecule has 2 aliphatic rings. The standard InChI is InChI=1S/C19H25N5O.2ClH/c1-11-7-12(2)24(23-11)16-6-3-13(9-21-16)10-22-19(25)17-14-4-5-15(8-14)18(17)20;;/h3,6-7,9,14-15,17-18H,4-5,8,10,20H2,1-2H3,(H,22,25);2*1H. The first kappa shape index (κ1) is 21.7. The largest absolute Gasteiger partial charge is 0.352 e. The molecule has 4 rings (SSSR count). The molecule has 0 radical (unpaired) electrons. The van der Waals surface area contributed by atoms with Crippen molar-refractivity contribution in [1.82, 2.24) is 20.1 Å². The Balaban J connectivity index is 0.00000131. The first-order valence-corrected chi connectivity index (χ1v) is 9.05. The molecule has 0 spiro atoms. The molecule has 6 nitrogen and oxygen atoms in total. The van der Waals surface area contributed by atoms with E-state index in [-0.39, 0.29) is 42.7 Å². The molecule has 27 heavy (non-hydrogen) atoms. The minimum absolute atomic E-state index is 0. The number of halogens is 2. The van der Waals surface area contributed by atoms with Gasteiger partial charge < -0.3 is 11.1 Å². The predicted molar refractivity (Wildman–Crippen MR) is 109 cm³/mol. The number of rotatable bonds is 4. The monoisotopic (exact) mass is 411 g/mol. The van der Waals surface area contributed by atoms with Gasteiger partial charge in [0, 0.05) is 24.5 Å². The van der Waals surface area contributed by atoms with Gasteiger partial charge in [0.25, 0.3) is 0 Å². The lowest BCUT2D eigenvalue weighted by molar-refractivity contribution is -0.127. The number of hydrogen-bond acceptors (Lipinski definition) is 4. The average Bonchev–Trinajstić information content (AvgIpc) is 3.28. The maximum absolute atomic E-state index is 12.5. The summed E-state index contributed by atoms with van der Waals surface area (Å²) in [6, 6.07) is 5.98. The van der Waals surface area contributed by atoms with Crippen LogP contribution in [0.5, 0.6) is 0 Å². The maximum Gasteiger partial charge on any atom is 0.225 e. The number of amides is 1. The van der Waals surface area contributed by atoms with Crippen molar-refractivity contribution < 1.29 is 4.79 Å². The molecular weight excluding hydrogens is 385 g/mol. The SMILES string of the molecule is Cc1cc(C)n(-c2ccc(CNC(=O)C3C4CCC(C4)C3N)cn2)n1.Cl.Cl. The summed E-state index contributed by atoms with van der Waals surface area (Å²) in [6.45, 7) is 4.46. The number of carbonyl (C=O) groups is 1. The van der Waals surface area contributed by atoms with Gasteiger partial charge in [0.2, 0.25) is 5.91 Å². The van der Waals surface area contributed by atoms with E-state index in [9.17, 15) is 4.79 Å². The van der Waals surface area contributed by atoms with Gasteiger partial charge in [0.1, 0.15) is 0 Å². The van der Waals surface area contributed by atoms with E-state index in [4.69, 9.17) is 5.73 Å². The van der Waals surface area contributed by atoms with Gasteiger partial charge in [0.15, 0.2) is 5.82 Å². The van der Waals surface area contributed by atoms with Crippen LogP contribution < -0.4 is 11.1 Å². The first-order chi connectivity index (χ1) is 12.0. The van der Waals surface area contributed by atoms with Gasteiger partial charge in [-0.2, -0.15) is 5.10 Å². The van der Waals surface area contributed by atoms with Gasteiger partial charge in [-0.3, -0.25) is 4.79 Å². The van der Waals surface area contributed by atoms with Gasteiger partial charge in [-0.05, 0) is 62.6 Å². The minimum atomic E-state index is -0.0133. The van der Waals surface area contributed by atoms with E-state index in [0.717, 1.165) is 35.6 Å². The second kappa shape index (κ2) is 8.59. The quantitative estimate of drug-likeness (QED) is 0.809. The van der Waals surface area contributed by atoms with E-state index >= 15 is 0 Å². The highest BCUT2D eigenvalue weighted by Crippen LogP contribution is 2.47. The Morgan fingerprint density at radius 1 is 1.26 bits per heavy atom. The fraction of sp³-hybridized carbons (Fsp3) is 0.526. The normalized spacial score (nSPS) is 25.6. The van der Waals surface area contributed by atoms with E-state index < -0.39 is 0 Å². The summed E-state index contributed by atoms with van der Waals surface area (Å²) in [6.07, 6.45) is 5.26. The second-order valence-electron chi connectivity index (χ2n) is 7.52. The van der Waals surface area contributed by atoms with Crippen molar-refractivity contribution in [2.75, 3.05) is 0 Å². The Kier molecular flexibility index (Phi) is 6.89. The fourth-order valence-electron chi connectivity index (χ4n) is 4.54. The van der Waals surface area contributed by atoms with E-state index in [2.05, 4.69) is 15.4 Å². The van der Waals surface area contributed by atoms with Gasteiger partial charge in [-0.1, -0.05) is 6.07 Å². The van der Waals surface area contributed by atoms with Crippen LogP contribution >= 0.6 is 24.8 Å². The lowest BCUT2D eigenvalue weighted by Crippen LogP contribution is -2.45. The van der Waals surface area contributed by atoms with Crippen LogP contribution in [0.2, 0.25) is 0 Å². The smallest absolute Gasteiger partial charge is 0.225 e. The van der Waals surface area contributed by atoms with E-state index in [0.29, 0.717) is 18.4 Å². The van der Waals surface area contributed by atoms with Gasteiger partial charge in [-0.15, -0.1) is 24.8 Å². The summed E-state index contributed by atoms with van der Waals surface area (Å²) in [5.74, 6) is 1.90. The van der Waals surface area contributed by atoms with Crippen molar-refractivity contribution in [3.05, 3.63) is 41.3 Å². The maximum atomic E-state index is 12.5. The van der Waals surface area contributed by atoms with Crippen molar-refractivity contribution in [3.8, 4) is 5.82 Å². The summed E-state index contributed by atoms with van der Waals surface area (Å²) in [5, 5.41) is 7.49. The number of nitrogens with one attached hydrogen (secondary N) is 1. The lowest BCUT2D eigenvalue weighted by atomic mass is 9.84. The second-order valence-corrected chi connectivity index (χ2v) is 7.52. The molecule has 0 aromatic carbocycles. The van der Waals surface area contributed by atoms with Crippen molar-refractivity contribution in [1.29, 1.82) is 0 Å². The third-order valence-electron chi connectivity index (χ3n) is 5.79. The van der Waals surface area contributed by atoms with E-state index in [1.165, 1.54) is 6.42 Å². The molecule has 148 valence electrons. The van der Waals surface area contributed by atoms with Crippen molar-refractivity contribution >= 4 is 30.7 Å². The molecule has 0 aliphatic heterocycles. The lowest BCUT2D eigenvalue weighted by Gasteiger charge is -2.27. The van der Waals surface area contributed by atoms with Gasteiger partial charge in [0.05, 0.1) is 11.6 Å². The molecule has 8 heteroatoms. The zero-order chi connectivity index (χ0) is 17.6. The Morgan fingerprint density at radius 2 is 2.00 bits per heavy atom. The number of pyridine rings is 1. The molecule has 2 aromatic heterocycles. The van der Waals surface area contributed by atoms with Crippen molar-refractivity contribution in [2.45, 2.75) is 45.7 Å². The molecule has 2 bridgehead atoms. The average molecular weight is 412 g/mol. The summed E-state index contributed by atoms with van der Waals surface area (Å²) >= 11 is 0. The summed E-state index contributed by atoms with van der Waals surface area (Å²) in [7, 11) is 0. The third-order valence-corrected chi connectivity index (χ3v) is 5.79. The van der Waals surface area contributed by atoms with Crippen LogP contribution in [0.15, 0.2) is 24.4 Å². The highest BCUT2D eigenvalue weighted by molar-refractivity contribution is 5.85. The molecule has 0 saturated heterocycles. The number of aromatic nitrogens is 3. The minimum Gasteiger partial charge on any atom is -0.352 e. The molecule has 2 heterocycles. The number of fused-ring (bicyclic) bond motifs is 2. The predicted octanol–water partition coefficient (Wildman–Crippen LogP) is 2.72. The van der Waals surface area contributed by atoms with Crippen molar-refractivity contribution in [2.24, 2.45) is 23.5 Å². The molecule has 2 aromatic rings. The Bertz CT molecular complexity index is 790. The zero-order valence-electron chi connectivity index (χ0n) is 15.6. The van der Waals surface area contributed by atoms with E-state index in [1.807, 2.05) is 36.7 Å². The summed E-state index contributed by atoms with van der Waals surface area (Å²) in [4.78, 5) is 17.0. The molecule has 2 fully saturated rings. The van der Waals surface area contributed by atoms with Crippen molar-refractivity contribution in [3.63, 3.8) is 0 Å². The fourth-order valence-corrected chi connectivity index (χ4v) is 4.54. The Morgan fingerprint density at radius 3 is 2.56 bits per heavy atom. The zero-order valence-corrected chi connectivity index (χ0v) is 17.2.